The van der Waals surface area contributed by atoms with Gasteiger partial charge in [-0.25, -0.2) is 0 Å². The van der Waals surface area contributed by atoms with Gasteiger partial charge < -0.3 is 9.64 Å². The summed E-state index contributed by atoms with van der Waals surface area (Å²) < 4.78 is 5.80. The van der Waals surface area contributed by atoms with E-state index in [9.17, 15) is 4.79 Å². The van der Waals surface area contributed by atoms with Gasteiger partial charge in [0.1, 0.15) is 12.4 Å². The van der Waals surface area contributed by atoms with Crippen LogP contribution in [0.5, 0.6) is 5.75 Å². The quantitative estimate of drug-likeness (QED) is 0.878. The number of carbonyl (C=O) groups is 1. The molecule has 0 saturated carbocycles. The van der Waals surface area contributed by atoms with Crippen molar-refractivity contribution in [3.05, 3.63) is 60.2 Å². The largest absolute Gasteiger partial charge is 0.489 e. The molecule has 0 aromatic heterocycles. The van der Waals surface area contributed by atoms with Crippen LogP contribution in [0.1, 0.15) is 12.0 Å². The minimum atomic E-state index is 0.117. The molecule has 1 unspecified atom stereocenters. The van der Waals surface area contributed by atoms with Crippen molar-refractivity contribution in [1.29, 1.82) is 0 Å². The fourth-order valence-electron chi connectivity index (χ4n) is 2.42. The number of nitrogens with zero attached hydrogens (tertiary/aromatic N) is 1. The number of benzene rings is 2. The van der Waals surface area contributed by atoms with Crippen LogP contribution in [0.15, 0.2) is 54.6 Å². The summed E-state index contributed by atoms with van der Waals surface area (Å²) in [5.41, 5.74) is 2.00. The van der Waals surface area contributed by atoms with E-state index in [0.717, 1.165) is 17.0 Å². The second kappa shape index (κ2) is 6.22. The normalized spacial score (nSPS) is 18.0. The van der Waals surface area contributed by atoms with Crippen LogP contribution in [0, 0.1) is 0 Å². The van der Waals surface area contributed by atoms with Gasteiger partial charge in [-0.1, -0.05) is 36.4 Å². The number of ether oxygens (including phenoxy) is 1. The summed E-state index contributed by atoms with van der Waals surface area (Å²) in [6.07, 6.45) is 0.498. The van der Waals surface area contributed by atoms with Gasteiger partial charge in [0.15, 0.2) is 0 Å². The molecule has 4 heteroatoms. The van der Waals surface area contributed by atoms with Gasteiger partial charge in [-0.2, -0.15) is 12.6 Å². The van der Waals surface area contributed by atoms with Crippen LogP contribution >= 0.6 is 12.6 Å². The number of rotatable bonds is 4. The second-order valence-electron chi connectivity index (χ2n) is 5.13. The molecule has 0 N–H and O–H groups in total. The molecule has 1 aliphatic rings. The third kappa shape index (κ3) is 3.39. The molecule has 0 radical (unpaired) electrons. The van der Waals surface area contributed by atoms with Crippen LogP contribution in [0.4, 0.5) is 5.69 Å². The molecule has 0 bridgehead atoms. The van der Waals surface area contributed by atoms with E-state index in [1.54, 1.807) is 4.90 Å². The molecule has 3 rings (SSSR count). The fourth-order valence-corrected chi connectivity index (χ4v) is 2.74. The summed E-state index contributed by atoms with van der Waals surface area (Å²) in [4.78, 5) is 13.7. The predicted molar refractivity (Wildman–Crippen MR) is 87.0 cm³/mol. The smallest absolute Gasteiger partial charge is 0.228 e. The van der Waals surface area contributed by atoms with E-state index in [1.807, 2.05) is 54.6 Å². The lowest BCUT2D eigenvalue weighted by Gasteiger charge is -2.17. The number of hydrogen-bond donors (Lipinski definition) is 1. The Balaban J connectivity index is 1.70. The van der Waals surface area contributed by atoms with E-state index in [1.165, 1.54) is 0 Å². The molecule has 1 fully saturated rings. The number of thiol groups is 1. The highest BCUT2D eigenvalue weighted by Gasteiger charge is 2.28. The number of anilines is 1. The Hall–Kier alpha value is -1.94. The molecule has 0 aliphatic carbocycles. The van der Waals surface area contributed by atoms with E-state index >= 15 is 0 Å². The molecule has 1 amide bonds. The van der Waals surface area contributed by atoms with Gasteiger partial charge in [0, 0.05) is 30.0 Å². The maximum absolute atomic E-state index is 11.9. The average molecular weight is 299 g/mol. The molecule has 1 atom stereocenters. The Kier molecular flexibility index (Phi) is 4.15. The van der Waals surface area contributed by atoms with Crippen LogP contribution in [0.25, 0.3) is 0 Å². The Labute approximate surface area is 129 Å². The van der Waals surface area contributed by atoms with Crippen molar-refractivity contribution >= 4 is 24.2 Å². The molecule has 1 saturated heterocycles. The molecule has 3 nitrogen and oxygen atoms in total. The van der Waals surface area contributed by atoms with E-state index in [2.05, 4.69) is 12.6 Å². The molecule has 0 spiro atoms. The second-order valence-corrected chi connectivity index (χ2v) is 5.86. The van der Waals surface area contributed by atoms with E-state index in [0.29, 0.717) is 19.6 Å². The Morgan fingerprint density at radius 1 is 1.14 bits per heavy atom. The first-order valence-corrected chi connectivity index (χ1v) is 7.49. The van der Waals surface area contributed by atoms with Crippen LogP contribution < -0.4 is 9.64 Å². The van der Waals surface area contributed by atoms with Gasteiger partial charge in [-0.3, -0.25) is 4.79 Å². The van der Waals surface area contributed by atoms with Gasteiger partial charge in [0.2, 0.25) is 5.91 Å². The molecular weight excluding hydrogens is 282 g/mol. The van der Waals surface area contributed by atoms with Crippen LogP contribution in [0.3, 0.4) is 0 Å². The first-order chi connectivity index (χ1) is 10.2. The van der Waals surface area contributed by atoms with Gasteiger partial charge in [-0.05, 0) is 17.7 Å². The Morgan fingerprint density at radius 2 is 1.95 bits per heavy atom. The highest BCUT2D eigenvalue weighted by molar-refractivity contribution is 7.81. The minimum Gasteiger partial charge on any atom is -0.489 e. The van der Waals surface area contributed by atoms with Crippen LogP contribution in [-0.2, 0) is 11.4 Å². The predicted octanol–water partition coefficient (Wildman–Crippen LogP) is 3.30. The lowest BCUT2D eigenvalue weighted by Crippen LogP contribution is -2.24. The highest BCUT2D eigenvalue weighted by Crippen LogP contribution is 2.27. The summed E-state index contributed by atoms with van der Waals surface area (Å²) in [5, 5.41) is 0.117. The van der Waals surface area contributed by atoms with Gasteiger partial charge in [0.05, 0.1) is 0 Å². The van der Waals surface area contributed by atoms with Gasteiger partial charge in [0.25, 0.3) is 0 Å². The maximum atomic E-state index is 11.9. The maximum Gasteiger partial charge on any atom is 0.228 e. The van der Waals surface area contributed by atoms with Crippen molar-refractivity contribution in [3.63, 3.8) is 0 Å². The third-order valence-electron chi connectivity index (χ3n) is 3.48. The van der Waals surface area contributed by atoms with Crippen molar-refractivity contribution in [2.24, 2.45) is 0 Å². The zero-order valence-corrected chi connectivity index (χ0v) is 12.5. The van der Waals surface area contributed by atoms with Crippen molar-refractivity contribution in [3.8, 4) is 5.75 Å². The van der Waals surface area contributed by atoms with Crippen molar-refractivity contribution in [1.82, 2.24) is 0 Å². The minimum absolute atomic E-state index is 0.117. The average Bonchev–Trinajstić information content (AvgIpc) is 2.85. The Morgan fingerprint density at radius 3 is 2.67 bits per heavy atom. The zero-order chi connectivity index (χ0) is 14.7. The summed E-state index contributed by atoms with van der Waals surface area (Å²) in [6, 6.07) is 17.7. The van der Waals surface area contributed by atoms with Gasteiger partial charge >= 0.3 is 0 Å². The van der Waals surface area contributed by atoms with Crippen LogP contribution in [0.2, 0.25) is 0 Å². The first-order valence-electron chi connectivity index (χ1n) is 6.97. The fraction of sp³-hybridized carbons (Fsp3) is 0.235. The van der Waals surface area contributed by atoms with Gasteiger partial charge in [-0.15, -0.1) is 0 Å². The topological polar surface area (TPSA) is 29.5 Å². The van der Waals surface area contributed by atoms with E-state index in [-0.39, 0.29) is 11.2 Å². The molecule has 21 heavy (non-hydrogen) atoms. The molecule has 1 heterocycles. The van der Waals surface area contributed by atoms with Crippen molar-refractivity contribution < 1.29 is 9.53 Å². The third-order valence-corrected chi connectivity index (χ3v) is 3.83. The molecule has 108 valence electrons. The van der Waals surface area contributed by atoms with E-state index in [4.69, 9.17) is 4.74 Å². The number of amides is 1. The Bertz CT molecular complexity index is 630. The summed E-state index contributed by atoms with van der Waals surface area (Å²) in [6.45, 7) is 1.18. The molecule has 2 aromatic carbocycles. The van der Waals surface area contributed by atoms with Crippen molar-refractivity contribution in [2.45, 2.75) is 18.3 Å². The lowest BCUT2D eigenvalue weighted by molar-refractivity contribution is -0.117. The SMILES string of the molecule is O=C1CC(S)CN1c1cccc(OCc2ccccc2)c1. The molecule has 2 aromatic rings. The summed E-state index contributed by atoms with van der Waals surface area (Å²) in [7, 11) is 0. The summed E-state index contributed by atoms with van der Waals surface area (Å²) >= 11 is 4.38. The standard InChI is InChI=1S/C17H17NO2S/c19-17-10-16(21)11-18(17)14-7-4-8-15(9-14)20-12-13-5-2-1-3-6-13/h1-9,16,21H,10-12H2. The molecular formula is C17H17NO2S. The lowest BCUT2D eigenvalue weighted by atomic mass is 10.2. The molecule has 1 aliphatic heterocycles. The highest BCUT2D eigenvalue weighted by atomic mass is 32.1. The first kappa shape index (κ1) is 14.0. The van der Waals surface area contributed by atoms with Crippen LogP contribution in [-0.4, -0.2) is 17.7 Å². The number of hydrogen-bond acceptors (Lipinski definition) is 3. The van der Waals surface area contributed by atoms with Crippen molar-refractivity contribution in [2.75, 3.05) is 11.4 Å². The monoisotopic (exact) mass is 299 g/mol. The zero-order valence-electron chi connectivity index (χ0n) is 11.6. The van der Waals surface area contributed by atoms with E-state index < -0.39 is 0 Å². The summed E-state index contributed by atoms with van der Waals surface area (Å²) in [5.74, 6) is 0.891. The number of carbonyl (C=O) groups excluding carboxylic acids is 1.